The highest BCUT2D eigenvalue weighted by Gasteiger charge is 2.67. The molecule has 3 fully saturated rings. The number of benzene rings is 2. The number of halogens is 1. The molecular weight excluding hydrogens is 412 g/mol. The fourth-order valence-corrected chi connectivity index (χ4v) is 5.85. The molecule has 0 radical (unpaired) electrons. The number of hydrazone groups is 1. The zero-order valence-corrected chi connectivity index (χ0v) is 17.5. The van der Waals surface area contributed by atoms with Gasteiger partial charge in [-0.1, -0.05) is 54.1 Å². The number of allylic oxidation sites excluding steroid dienone is 2. The Balaban J connectivity index is 1.22. The Bertz CT molecular complexity index is 1110. The van der Waals surface area contributed by atoms with Gasteiger partial charge in [-0.05, 0) is 48.3 Å². The highest BCUT2D eigenvalue weighted by molar-refractivity contribution is 6.31. The van der Waals surface area contributed by atoms with Gasteiger partial charge in [-0.3, -0.25) is 9.59 Å². The Hall–Kier alpha value is -2.92. The zero-order chi connectivity index (χ0) is 21.1. The van der Waals surface area contributed by atoms with Crippen LogP contribution < -0.4 is 4.74 Å². The molecule has 1 aliphatic heterocycles. The minimum Gasteiger partial charge on any atom is -0.488 e. The molecule has 4 aliphatic carbocycles. The van der Waals surface area contributed by atoms with Gasteiger partial charge in [0.15, 0.2) is 0 Å². The van der Waals surface area contributed by atoms with Crippen molar-refractivity contribution in [1.82, 2.24) is 5.01 Å². The molecule has 0 unspecified atom stereocenters. The Kier molecular flexibility index (Phi) is 4.29. The summed E-state index contributed by atoms with van der Waals surface area (Å²) in [6, 6.07) is 14.9. The predicted molar refractivity (Wildman–Crippen MR) is 116 cm³/mol. The van der Waals surface area contributed by atoms with Crippen molar-refractivity contribution in [3.8, 4) is 5.75 Å². The molecule has 0 spiro atoms. The molecule has 5 aliphatic rings. The van der Waals surface area contributed by atoms with Crippen LogP contribution in [0.2, 0.25) is 5.02 Å². The fraction of sp³-hybridized carbons (Fsp3) is 0.320. The molecule has 7 rings (SSSR count). The summed E-state index contributed by atoms with van der Waals surface area (Å²) in [6.45, 7) is 0.314. The number of carbonyl (C=O) groups excluding carboxylic acids is 2. The lowest BCUT2D eigenvalue weighted by Gasteiger charge is -2.37. The molecule has 2 bridgehead atoms. The van der Waals surface area contributed by atoms with Crippen LogP contribution in [0.25, 0.3) is 0 Å². The third-order valence-electron chi connectivity index (χ3n) is 7.21. The normalized spacial score (nSPS) is 32.5. The highest BCUT2D eigenvalue weighted by Crippen LogP contribution is 2.65. The molecule has 0 aromatic heterocycles. The molecule has 2 saturated carbocycles. The second-order valence-electron chi connectivity index (χ2n) is 8.81. The number of rotatable bonds is 5. The van der Waals surface area contributed by atoms with Crippen LogP contribution in [0.4, 0.5) is 0 Å². The summed E-state index contributed by atoms with van der Waals surface area (Å²) in [5, 5.41) is 6.06. The fourth-order valence-electron chi connectivity index (χ4n) is 5.66. The average Bonchev–Trinajstić information content (AvgIpc) is 3.57. The Labute approximate surface area is 185 Å². The van der Waals surface area contributed by atoms with Crippen LogP contribution in [0.15, 0.2) is 65.8 Å². The zero-order valence-electron chi connectivity index (χ0n) is 16.7. The highest BCUT2D eigenvalue weighted by atomic mass is 35.5. The molecule has 156 valence electrons. The van der Waals surface area contributed by atoms with Crippen molar-refractivity contribution in [3.05, 3.63) is 76.8 Å². The first-order valence-electron chi connectivity index (χ1n) is 10.7. The summed E-state index contributed by atoms with van der Waals surface area (Å²) in [4.78, 5) is 26.1. The molecule has 2 amide bonds. The largest absolute Gasteiger partial charge is 0.488 e. The van der Waals surface area contributed by atoms with Crippen LogP contribution in [0.5, 0.6) is 5.75 Å². The predicted octanol–water partition coefficient (Wildman–Crippen LogP) is 4.31. The van der Waals surface area contributed by atoms with E-state index in [4.69, 9.17) is 16.3 Å². The van der Waals surface area contributed by atoms with Gasteiger partial charge in [0.1, 0.15) is 12.4 Å². The maximum atomic E-state index is 13.1. The lowest BCUT2D eigenvalue weighted by atomic mass is 9.63. The van der Waals surface area contributed by atoms with E-state index in [0.717, 1.165) is 17.0 Å². The smallest absolute Gasteiger partial charge is 0.254 e. The molecule has 2 aromatic rings. The third kappa shape index (κ3) is 2.94. The standard InChI is InChI=1S/C25H21ClN2O3/c26-20-7-3-1-6-15(20)13-31-21-8-4-2-5-14(21)12-27-28-24(29)22-16-9-10-17(19-11-18(16)19)23(22)25(28)30/h1-10,12,16-19,22-23H,11,13H2/b27-12-/t16-,17-,18-,19-,22+,23+/m1/s1. The van der Waals surface area contributed by atoms with Gasteiger partial charge in [0.05, 0.1) is 18.1 Å². The number of hydrogen-bond acceptors (Lipinski definition) is 4. The molecule has 1 heterocycles. The summed E-state index contributed by atoms with van der Waals surface area (Å²) in [6.07, 6.45) is 7.02. The van der Waals surface area contributed by atoms with E-state index < -0.39 is 0 Å². The maximum Gasteiger partial charge on any atom is 0.254 e. The molecule has 6 heteroatoms. The van der Waals surface area contributed by atoms with Crippen LogP contribution in [0.3, 0.4) is 0 Å². The summed E-state index contributed by atoms with van der Waals surface area (Å²) in [7, 11) is 0. The topological polar surface area (TPSA) is 59.0 Å². The number of amides is 2. The van der Waals surface area contributed by atoms with Crippen LogP contribution in [0.1, 0.15) is 17.5 Å². The lowest BCUT2D eigenvalue weighted by molar-refractivity contribution is -0.140. The Morgan fingerprint density at radius 1 is 0.968 bits per heavy atom. The van der Waals surface area contributed by atoms with E-state index in [0.29, 0.717) is 34.8 Å². The molecule has 2 aromatic carbocycles. The first-order chi connectivity index (χ1) is 15.1. The monoisotopic (exact) mass is 432 g/mol. The summed E-state index contributed by atoms with van der Waals surface area (Å²) in [5.74, 6) is 1.37. The van der Waals surface area contributed by atoms with Crippen molar-refractivity contribution < 1.29 is 14.3 Å². The van der Waals surface area contributed by atoms with Gasteiger partial charge >= 0.3 is 0 Å². The first-order valence-corrected chi connectivity index (χ1v) is 11.1. The SMILES string of the molecule is O=C1[C@H]2[C@@H]3C=C[C@H]([C@H]4C[C@H]34)[C@@H]2C(=O)N1/N=C\c1ccccc1OCc1ccccc1Cl. The summed E-state index contributed by atoms with van der Waals surface area (Å²) < 4.78 is 5.96. The summed E-state index contributed by atoms with van der Waals surface area (Å²) in [5.41, 5.74) is 1.58. The minimum atomic E-state index is -0.241. The van der Waals surface area contributed by atoms with Crippen LogP contribution in [-0.4, -0.2) is 23.0 Å². The van der Waals surface area contributed by atoms with Crippen molar-refractivity contribution >= 4 is 29.6 Å². The number of para-hydroxylation sites is 1. The molecule has 0 N–H and O–H groups in total. The number of nitrogens with zero attached hydrogens (tertiary/aromatic N) is 2. The van der Waals surface area contributed by atoms with Gasteiger partial charge in [-0.25, -0.2) is 0 Å². The van der Waals surface area contributed by atoms with Gasteiger partial charge < -0.3 is 4.74 Å². The van der Waals surface area contributed by atoms with Crippen LogP contribution in [-0.2, 0) is 16.2 Å². The summed E-state index contributed by atoms with van der Waals surface area (Å²) >= 11 is 6.22. The van der Waals surface area contributed by atoms with Gasteiger partial charge in [-0.15, -0.1) is 0 Å². The van der Waals surface area contributed by atoms with Gasteiger partial charge in [0.25, 0.3) is 11.8 Å². The van der Waals surface area contributed by atoms with E-state index >= 15 is 0 Å². The Morgan fingerprint density at radius 3 is 2.32 bits per heavy atom. The van der Waals surface area contributed by atoms with Crippen LogP contribution >= 0.6 is 11.6 Å². The van der Waals surface area contributed by atoms with Crippen molar-refractivity contribution in [3.63, 3.8) is 0 Å². The third-order valence-corrected chi connectivity index (χ3v) is 7.58. The van der Waals surface area contributed by atoms with Gasteiger partial charge in [-0.2, -0.15) is 10.1 Å². The second-order valence-corrected chi connectivity index (χ2v) is 9.21. The number of imide groups is 1. The van der Waals surface area contributed by atoms with E-state index in [1.165, 1.54) is 0 Å². The minimum absolute atomic E-state index is 0.162. The van der Waals surface area contributed by atoms with Crippen LogP contribution in [0, 0.1) is 35.5 Å². The van der Waals surface area contributed by atoms with E-state index in [1.807, 2.05) is 48.5 Å². The molecular formula is C25H21ClN2O3. The molecule has 31 heavy (non-hydrogen) atoms. The van der Waals surface area contributed by atoms with Gasteiger partial charge in [0, 0.05) is 16.1 Å². The quantitative estimate of drug-likeness (QED) is 0.402. The lowest BCUT2D eigenvalue weighted by Crippen LogP contribution is -2.40. The van der Waals surface area contributed by atoms with Crippen molar-refractivity contribution in [2.75, 3.05) is 0 Å². The van der Waals surface area contributed by atoms with E-state index in [9.17, 15) is 9.59 Å². The molecule has 6 atom stereocenters. The van der Waals surface area contributed by atoms with E-state index in [-0.39, 0.29) is 35.5 Å². The average molecular weight is 433 g/mol. The number of hydrogen-bond donors (Lipinski definition) is 0. The van der Waals surface area contributed by atoms with E-state index in [1.54, 1.807) is 6.21 Å². The van der Waals surface area contributed by atoms with Crippen molar-refractivity contribution in [2.24, 2.45) is 40.6 Å². The number of ether oxygens (including phenoxy) is 1. The number of carbonyl (C=O) groups is 2. The maximum absolute atomic E-state index is 13.1. The molecule has 5 nitrogen and oxygen atoms in total. The second kappa shape index (κ2) is 7.06. The van der Waals surface area contributed by atoms with Crippen molar-refractivity contribution in [1.29, 1.82) is 0 Å². The van der Waals surface area contributed by atoms with Crippen molar-refractivity contribution in [2.45, 2.75) is 13.0 Å². The first kappa shape index (κ1) is 18.8. The van der Waals surface area contributed by atoms with E-state index in [2.05, 4.69) is 17.3 Å². The Morgan fingerprint density at radius 2 is 1.61 bits per heavy atom. The molecule has 1 saturated heterocycles. The van der Waals surface area contributed by atoms with Gasteiger partial charge in [0.2, 0.25) is 0 Å².